The summed E-state index contributed by atoms with van der Waals surface area (Å²) in [4.78, 5) is 6.45. The SMILES string of the molecule is Cc1cc(C(C)(C)c2cc(C)c3c(c2)CN(c2ccc(S)cc2)CO3)cc2c1OCN(c1ccc(S)cc1)C2. The molecule has 6 rings (SSSR count). The summed E-state index contributed by atoms with van der Waals surface area (Å²) >= 11 is 8.87. The van der Waals surface area contributed by atoms with E-state index in [1.165, 1.54) is 33.4 Å². The fraction of sp³-hybridized carbons (Fsp3) is 0.273. The maximum absolute atomic E-state index is 6.26. The second-order valence-corrected chi connectivity index (χ2v) is 12.2. The van der Waals surface area contributed by atoms with Crippen LogP contribution in [0.4, 0.5) is 11.4 Å². The molecule has 2 aliphatic heterocycles. The molecule has 0 atom stereocenters. The zero-order valence-electron chi connectivity index (χ0n) is 22.9. The van der Waals surface area contributed by atoms with Crippen LogP contribution in [-0.4, -0.2) is 13.5 Å². The first kappa shape index (κ1) is 26.0. The fourth-order valence-corrected chi connectivity index (χ4v) is 5.97. The fourth-order valence-electron chi connectivity index (χ4n) is 5.68. The van der Waals surface area contributed by atoms with E-state index in [2.05, 4.69) is 111 Å². The first-order valence-corrected chi connectivity index (χ1v) is 14.2. The van der Waals surface area contributed by atoms with Crippen LogP contribution >= 0.6 is 25.3 Å². The van der Waals surface area contributed by atoms with E-state index in [0.717, 1.165) is 45.8 Å². The van der Waals surface area contributed by atoms with Crippen molar-refractivity contribution in [1.29, 1.82) is 0 Å². The Morgan fingerprint density at radius 1 is 0.615 bits per heavy atom. The van der Waals surface area contributed by atoms with Crippen molar-refractivity contribution in [3.8, 4) is 11.5 Å². The predicted molar refractivity (Wildman–Crippen MR) is 165 cm³/mol. The smallest absolute Gasteiger partial charge is 0.161 e. The number of benzene rings is 4. The molecule has 0 bridgehead atoms. The lowest BCUT2D eigenvalue weighted by Gasteiger charge is -2.35. The Bertz CT molecular complexity index is 1420. The van der Waals surface area contributed by atoms with Crippen LogP contribution in [0, 0.1) is 13.8 Å². The number of anilines is 2. The second kappa shape index (κ2) is 10.1. The summed E-state index contributed by atoms with van der Waals surface area (Å²) in [7, 11) is 0. The second-order valence-electron chi connectivity index (χ2n) is 11.2. The standard InChI is InChI=1S/C33H34N2O2S2/c1-21-13-25(15-23-17-34(19-36-31(21)23)27-5-9-29(38)10-6-27)33(3,4)26-14-22(2)32-24(16-26)18-35(20-37-32)28-7-11-30(39)12-8-28/h5-16,38-39H,17-20H2,1-4H3. The highest BCUT2D eigenvalue weighted by Crippen LogP contribution is 2.41. The van der Waals surface area contributed by atoms with Crippen LogP contribution in [-0.2, 0) is 18.5 Å². The monoisotopic (exact) mass is 554 g/mol. The highest BCUT2D eigenvalue weighted by molar-refractivity contribution is 7.80. The van der Waals surface area contributed by atoms with E-state index < -0.39 is 0 Å². The first-order chi connectivity index (χ1) is 18.7. The van der Waals surface area contributed by atoms with Crippen LogP contribution in [0.5, 0.6) is 11.5 Å². The van der Waals surface area contributed by atoms with Crippen molar-refractivity contribution >= 4 is 36.6 Å². The average molecular weight is 555 g/mol. The molecule has 0 radical (unpaired) electrons. The maximum Gasteiger partial charge on any atom is 0.161 e. The van der Waals surface area contributed by atoms with E-state index in [9.17, 15) is 0 Å². The summed E-state index contributed by atoms with van der Waals surface area (Å²) in [5, 5.41) is 0. The lowest BCUT2D eigenvalue weighted by Crippen LogP contribution is -2.33. The third kappa shape index (κ3) is 4.96. The number of rotatable bonds is 4. The molecular formula is C33H34N2O2S2. The Balaban J connectivity index is 1.32. The molecule has 0 N–H and O–H groups in total. The maximum atomic E-state index is 6.26. The Kier molecular flexibility index (Phi) is 6.72. The topological polar surface area (TPSA) is 24.9 Å². The van der Waals surface area contributed by atoms with Gasteiger partial charge in [0.2, 0.25) is 0 Å². The molecule has 0 amide bonds. The summed E-state index contributed by atoms with van der Waals surface area (Å²) in [5.41, 5.74) is 9.44. The van der Waals surface area contributed by atoms with E-state index in [1.54, 1.807) is 0 Å². The highest BCUT2D eigenvalue weighted by Gasteiger charge is 2.30. The Morgan fingerprint density at radius 2 is 1.00 bits per heavy atom. The Labute approximate surface area is 242 Å². The molecule has 0 saturated carbocycles. The Hall–Kier alpha value is -3.22. The van der Waals surface area contributed by atoms with Crippen LogP contribution in [0.25, 0.3) is 0 Å². The van der Waals surface area contributed by atoms with Gasteiger partial charge in [0.25, 0.3) is 0 Å². The van der Waals surface area contributed by atoms with Gasteiger partial charge in [-0.2, -0.15) is 0 Å². The summed E-state index contributed by atoms with van der Waals surface area (Å²) in [6.45, 7) is 11.6. The van der Waals surface area contributed by atoms with E-state index >= 15 is 0 Å². The minimum absolute atomic E-state index is 0.203. The van der Waals surface area contributed by atoms with Gasteiger partial charge in [-0.15, -0.1) is 25.3 Å². The molecule has 0 aromatic heterocycles. The highest BCUT2D eigenvalue weighted by atomic mass is 32.1. The van der Waals surface area contributed by atoms with Gasteiger partial charge in [-0.05, 0) is 96.8 Å². The number of ether oxygens (including phenoxy) is 2. The van der Waals surface area contributed by atoms with Crippen LogP contribution in [0.3, 0.4) is 0 Å². The summed E-state index contributed by atoms with van der Waals surface area (Å²) in [6.07, 6.45) is 0. The van der Waals surface area contributed by atoms with E-state index in [0.29, 0.717) is 13.5 Å². The van der Waals surface area contributed by atoms with Gasteiger partial charge in [0, 0.05) is 50.8 Å². The first-order valence-electron chi connectivity index (χ1n) is 13.3. The molecule has 4 nitrogen and oxygen atoms in total. The van der Waals surface area contributed by atoms with Crippen LogP contribution in [0.1, 0.15) is 47.2 Å². The molecule has 2 heterocycles. The van der Waals surface area contributed by atoms with E-state index in [1.807, 2.05) is 24.3 Å². The molecule has 0 saturated heterocycles. The predicted octanol–water partition coefficient (Wildman–Crippen LogP) is 7.92. The summed E-state index contributed by atoms with van der Waals surface area (Å²) in [6, 6.07) is 25.8. The Morgan fingerprint density at radius 3 is 1.38 bits per heavy atom. The molecular weight excluding hydrogens is 521 g/mol. The van der Waals surface area contributed by atoms with Crippen molar-refractivity contribution in [2.24, 2.45) is 0 Å². The van der Waals surface area contributed by atoms with Gasteiger partial charge in [0.15, 0.2) is 13.5 Å². The lowest BCUT2D eigenvalue weighted by atomic mass is 9.75. The van der Waals surface area contributed by atoms with Crippen LogP contribution < -0.4 is 19.3 Å². The average Bonchev–Trinajstić information content (AvgIpc) is 2.93. The largest absolute Gasteiger partial charge is 0.472 e. The normalized spacial score (nSPS) is 14.8. The van der Waals surface area contributed by atoms with Gasteiger partial charge in [-0.3, -0.25) is 0 Å². The number of thiol groups is 2. The van der Waals surface area contributed by atoms with Crippen LogP contribution in [0.2, 0.25) is 0 Å². The third-order valence-electron chi connectivity index (χ3n) is 8.03. The zero-order valence-corrected chi connectivity index (χ0v) is 24.7. The summed E-state index contributed by atoms with van der Waals surface area (Å²) in [5.74, 6) is 2.02. The van der Waals surface area contributed by atoms with E-state index in [4.69, 9.17) is 9.47 Å². The molecule has 4 aromatic rings. The molecule has 200 valence electrons. The number of hydrogen-bond acceptors (Lipinski definition) is 6. The van der Waals surface area contributed by atoms with Crippen molar-refractivity contribution in [3.05, 3.63) is 106 Å². The van der Waals surface area contributed by atoms with Crippen molar-refractivity contribution < 1.29 is 9.47 Å². The lowest BCUT2D eigenvalue weighted by molar-refractivity contribution is 0.286. The number of nitrogens with zero attached hydrogens (tertiary/aromatic N) is 2. The van der Waals surface area contributed by atoms with Gasteiger partial charge in [0.1, 0.15) is 11.5 Å². The van der Waals surface area contributed by atoms with Gasteiger partial charge < -0.3 is 19.3 Å². The van der Waals surface area contributed by atoms with Crippen molar-refractivity contribution in [3.63, 3.8) is 0 Å². The molecule has 6 heteroatoms. The van der Waals surface area contributed by atoms with Crippen molar-refractivity contribution in [2.45, 2.75) is 56.0 Å². The number of hydrogen-bond donors (Lipinski definition) is 2. The molecule has 0 fully saturated rings. The number of aryl methyl sites for hydroxylation is 2. The minimum Gasteiger partial charge on any atom is -0.472 e. The van der Waals surface area contributed by atoms with Gasteiger partial charge in [-0.25, -0.2) is 0 Å². The van der Waals surface area contributed by atoms with Gasteiger partial charge in [0.05, 0.1) is 0 Å². The van der Waals surface area contributed by atoms with Gasteiger partial charge in [-0.1, -0.05) is 26.0 Å². The zero-order chi connectivity index (χ0) is 27.3. The van der Waals surface area contributed by atoms with Crippen molar-refractivity contribution in [2.75, 3.05) is 23.3 Å². The molecule has 2 aliphatic rings. The molecule has 39 heavy (non-hydrogen) atoms. The minimum atomic E-state index is -0.203. The molecule has 0 aliphatic carbocycles. The van der Waals surface area contributed by atoms with E-state index in [-0.39, 0.29) is 5.41 Å². The van der Waals surface area contributed by atoms with Gasteiger partial charge >= 0.3 is 0 Å². The molecule has 4 aromatic carbocycles. The molecule has 0 spiro atoms. The summed E-state index contributed by atoms with van der Waals surface area (Å²) < 4.78 is 12.5. The number of fused-ring (bicyclic) bond motifs is 2. The quantitative estimate of drug-likeness (QED) is 0.250. The van der Waals surface area contributed by atoms with Crippen LogP contribution in [0.15, 0.2) is 82.6 Å². The van der Waals surface area contributed by atoms with Crippen molar-refractivity contribution in [1.82, 2.24) is 0 Å². The molecule has 0 unspecified atom stereocenters. The third-order valence-corrected chi connectivity index (χ3v) is 8.62.